The largest absolute Gasteiger partial charge is 0.449 e. The van der Waals surface area contributed by atoms with Gasteiger partial charge in [-0.3, -0.25) is 0 Å². The van der Waals surface area contributed by atoms with Crippen molar-refractivity contribution >= 4 is 22.0 Å². The van der Waals surface area contributed by atoms with Crippen molar-refractivity contribution in [1.82, 2.24) is 0 Å². The fourth-order valence-electron chi connectivity index (χ4n) is 1.17. The molecule has 1 unspecified atom stereocenters. The van der Waals surface area contributed by atoms with Crippen LogP contribution in [0.3, 0.4) is 0 Å². The van der Waals surface area contributed by atoms with Gasteiger partial charge in [0.05, 0.1) is 6.61 Å². The van der Waals surface area contributed by atoms with Gasteiger partial charge in [0.2, 0.25) is 0 Å². The molecule has 0 radical (unpaired) electrons. The number of hydrogen-bond donors (Lipinski definition) is 1. The number of rotatable bonds is 3. The Bertz CT molecular complexity index is 328. The zero-order valence-corrected chi connectivity index (χ0v) is 9.45. The molecule has 1 aromatic carbocycles. The molecule has 0 spiro atoms. The van der Waals surface area contributed by atoms with Gasteiger partial charge in [-0.1, -0.05) is 41.1 Å². The second-order valence-corrected chi connectivity index (χ2v) is 3.91. The number of nitrogens with two attached hydrogens (primary N) is 1. The molecule has 0 fully saturated rings. The van der Waals surface area contributed by atoms with Gasteiger partial charge in [0, 0.05) is 10.4 Å². The van der Waals surface area contributed by atoms with E-state index in [2.05, 4.69) is 15.9 Å². The average Bonchev–Trinajstić information content (AvgIpc) is 2.15. The molecular weight excluding hydrogens is 246 g/mol. The van der Waals surface area contributed by atoms with Gasteiger partial charge in [0.25, 0.3) is 0 Å². The molecule has 76 valence electrons. The first-order chi connectivity index (χ1) is 6.61. The highest BCUT2D eigenvalue weighted by Crippen LogP contribution is 2.24. The highest BCUT2D eigenvalue weighted by molar-refractivity contribution is 9.10. The van der Waals surface area contributed by atoms with Crippen molar-refractivity contribution in [3.8, 4) is 0 Å². The Morgan fingerprint density at radius 3 is 2.79 bits per heavy atom. The van der Waals surface area contributed by atoms with E-state index in [1.165, 1.54) is 0 Å². The number of carbonyl (C=O) groups excluding carboxylic acids is 1. The fraction of sp³-hybridized carbons (Fsp3) is 0.300. The lowest BCUT2D eigenvalue weighted by Gasteiger charge is -2.12. The van der Waals surface area contributed by atoms with E-state index in [0.717, 1.165) is 10.0 Å². The quantitative estimate of drug-likeness (QED) is 0.906. The number of carbonyl (C=O) groups is 1. The van der Waals surface area contributed by atoms with Crippen molar-refractivity contribution in [3.63, 3.8) is 0 Å². The molecule has 0 aromatic heterocycles. The van der Waals surface area contributed by atoms with E-state index in [9.17, 15) is 4.79 Å². The summed E-state index contributed by atoms with van der Waals surface area (Å²) in [6.07, 6.45) is -0.732. The van der Waals surface area contributed by atoms with Crippen molar-refractivity contribution in [1.29, 1.82) is 0 Å². The average molecular weight is 258 g/mol. The van der Waals surface area contributed by atoms with Gasteiger partial charge in [-0.05, 0) is 11.6 Å². The normalized spacial score (nSPS) is 12.1. The maximum atomic E-state index is 10.4. The highest BCUT2D eigenvalue weighted by atomic mass is 79.9. The monoisotopic (exact) mass is 257 g/mol. The Balaban J connectivity index is 2.65. The Kier molecular flexibility index (Phi) is 3.95. The van der Waals surface area contributed by atoms with E-state index in [1.807, 2.05) is 31.2 Å². The van der Waals surface area contributed by atoms with E-state index in [1.54, 1.807) is 0 Å². The van der Waals surface area contributed by atoms with Crippen LogP contribution in [0.5, 0.6) is 0 Å². The molecule has 0 aliphatic heterocycles. The first-order valence-corrected chi connectivity index (χ1v) is 5.07. The van der Waals surface area contributed by atoms with Crippen LogP contribution in [-0.2, 0) is 4.74 Å². The summed E-state index contributed by atoms with van der Waals surface area (Å²) in [4.78, 5) is 10.4. The van der Waals surface area contributed by atoms with Gasteiger partial charge < -0.3 is 10.5 Å². The SMILES string of the molecule is CC(COC(N)=O)c1ccccc1Br. The second kappa shape index (κ2) is 5.00. The van der Waals surface area contributed by atoms with Crippen LogP contribution in [0, 0.1) is 0 Å². The summed E-state index contributed by atoms with van der Waals surface area (Å²) >= 11 is 3.43. The zero-order valence-electron chi connectivity index (χ0n) is 7.87. The molecule has 0 saturated carbocycles. The van der Waals surface area contributed by atoms with Crippen LogP contribution in [0.1, 0.15) is 18.4 Å². The summed E-state index contributed by atoms with van der Waals surface area (Å²) < 4.78 is 5.75. The number of benzene rings is 1. The highest BCUT2D eigenvalue weighted by Gasteiger charge is 2.09. The van der Waals surface area contributed by atoms with Crippen molar-refractivity contribution in [2.24, 2.45) is 5.73 Å². The van der Waals surface area contributed by atoms with Gasteiger partial charge in [-0.2, -0.15) is 0 Å². The summed E-state index contributed by atoms with van der Waals surface area (Å²) in [7, 11) is 0. The number of amides is 1. The lowest BCUT2D eigenvalue weighted by Crippen LogP contribution is -2.16. The molecule has 4 heteroatoms. The summed E-state index contributed by atoms with van der Waals surface area (Å²) in [5.41, 5.74) is 5.99. The molecular formula is C10H12BrNO2. The Morgan fingerprint density at radius 1 is 1.57 bits per heavy atom. The minimum absolute atomic E-state index is 0.137. The van der Waals surface area contributed by atoms with Crippen LogP contribution in [0.4, 0.5) is 4.79 Å². The van der Waals surface area contributed by atoms with Crippen molar-refractivity contribution in [2.75, 3.05) is 6.61 Å². The number of ether oxygens (including phenoxy) is 1. The van der Waals surface area contributed by atoms with Gasteiger partial charge >= 0.3 is 6.09 Å². The fourth-order valence-corrected chi connectivity index (χ4v) is 1.85. The van der Waals surface area contributed by atoms with E-state index >= 15 is 0 Å². The lowest BCUT2D eigenvalue weighted by atomic mass is 10.0. The number of hydrogen-bond acceptors (Lipinski definition) is 2. The maximum absolute atomic E-state index is 10.4. The number of primary amides is 1. The molecule has 1 atom stereocenters. The molecule has 0 aliphatic rings. The van der Waals surface area contributed by atoms with Gasteiger partial charge in [-0.25, -0.2) is 4.79 Å². The molecule has 0 aliphatic carbocycles. The third kappa shape index (κ3) is 3.03. The van der Waals surface area contributed by atoms with Crippen LogP contribution in [0.25, 0.3) is 0 Å². The third-order valence-electron chi connectivity index (χ3n) is 1.91. The summed E-state index contributed by atoms with van der Waals surface area (Å²) in [6, 6.07) is 7.82. The topological polar surface area (TPSA) is 52.3 Å². The predicted molar refractivity (Wildman–Crippen MR) is 58.1 cm³/mol. The van der Waals surface area contributed by atoms with E-state index in [-0.39, 0.29) is 5.92 Å². The van der Waals surface area contributed by atoms with Crippen LogP contribution in [-0.4, -0.2) is 12.7 Å². The molecule has 1 aromatic rings. The predicted octanol–water partition coefficient (Wildman–Crippen LogP) is 2.65. The summed E-state index contributed by atoms with van der Waals surface area (Å²) in [5, 5.41) is 0. The molecule has 14 heavy (non-hydrogen) atoms. The second-order valence-electron chi connectivity index (χ2n) is 3.05. The zero-order chi connectivity index (χ0) is 10.6. The lowest BCUT2D eigenvalue weighted by molar-refractivity contribution is 0.151. The van der Waals surface area contributed by atoms with Crippen LogP contribution < -0.4 is 5.73 Å². The van der Waals surface area contributed by atoms with Crippen LogP contribution in [0.2, 0.25) is 0 Å². The standard InChI is InChI=1S/C10H12BrNO2/c1-7(6-14-10(12)13)8-4-2-3-5-9(8)11/h2-5,7H,6H2,1H3,(H2,12,13). The smallest absolute Gasteiger partial charge is 0.404 e. The van der Waals surface area contributed by atoms with E-state index < -0.39 is 6.09 Å². The first kappa shape index (κ1) is 11.0. The van der Waals surface area contributed by atoms with Gasteiger partial charge in [0.15, 0.2) is 0 Å². The van der Waals surface area contributed by atoms with Crippen molar-refractivity contribution < 1.29 is 9.53 Å². The van der Waals surface area contributed by atoms with E-state index in [4.69, 9.17) is 10.5 Å². The molecule has 1 amide bonds. The minimum Gasteiger partial charge on any atom is -0.449 e. The maximum Gasteiger partial charge on any atom is 0.404 e. The van der Waals surface area contributed by atoms with Crippen LogP contribution >= 0.6 is 15.9 Å². The number of halogens is 1. The molecule has 3 nitrogen and oxygen atoms in total. The molecule has 0 saturated heterocycles. The Morgan fingerprint density at radius 2 is 2.21 bits per heavy atom. The summed E-state index contributed by atoms with van der Waals surface area (Å²) in [5.74, 6) is 0.137. The molecule has 2 N–H and O–H groups in total. The van der Waals surface area contributed by atoms with Crippen molar-refractivity contribution in [3.05, 3.63) is 34.3 Å². The van der Waals surface area contributed by atoms with Crippen molar-refractivity contribution in [2.45, 2.75) is 12.8 Å². The van der Waals surface area contributed by atoms with Gasteiger partial charge in [-0.15, -0.1) is 0 Å². The van der Waals surface area contributed by atoms with Crippen LogP contribution in [0.15, 0.2) is 28.7 Å². The Labute approximate surface area is 91.4 Å². The first-order valence-electron chi connectivity index (χ1n) is 4.28. The Hall–Kier alpha value is -1.03. The third-order valence-corrected chi connectivity index (χ3v) is 2.63. The summed E-state index contributed by atoms with van der Waals surface area (Å²) in [6.45, 7) is 2.28. The minimum atomic E-state index is -0.732. The van der Waals surface area contributed by atoms with E-state index in [0.29, 0.717) is 6.61 Å². The van der Waals surface area contributed by atoms with Gasteiger partial charge in [0.1, 0.15) is 0 Å². The molecule has 1 rings (SSSR count). The molecule has 0 bridgehead atoms. The molecule has 0 heterocycles.